The quantitative estimate of drug-likeness (QED) is 0.302. The molecule has 0 atom stereocenters. The molecule has 2 aromatic carbocycles. The highest BCUT2D eigenvalue weighted by Gasteiger charge is 2.25. The van der Waals surface area contributed by atoms with Crippen molar-refractivity contribution in [3.05, 3.63) is 86.2 Å². The zero-order valence-electron chi connectivity index (χ0n) is 16.4. The first-order valence-corrected chi connectivity index (χ1v) is 9.57. The van der Waals surface area contributed by atoms with Crippen LogP contribution in [0.1, 0.15) is 34.2 Å². The highest BCUT2D eigenvalue weighted by atomic mass is 35.5. The van der Waals surface area contributed by atoms with Gasteiger partial charge in [0.15, 0.2) is 0 Å². The van der Waals surface area contributed by atoms with Crippen molar-refractivity contribution in [1.29, 1.82) is 0 Å². The molecule has 0 bridgehead atoms. The van der Waals surface area contributed by atoms with Gasteiger partial charge >= 0.3 is 5.97 Å². The summed E-state index contributed by atoms with van der Waals surface area (Å²) in [6.07, 6.45) is 0. The largest absolute Gasteiger partial charge is 0.462 e. The molecular weight excluding hydrogens is 392 g/mol. The van der Waals surface area contributed by atoms with Gasteiger partial charge in [-0.2, -0.15) is 0 Å². The van der Waals surface area contributed by atoms with E-state index in [1.54, 1.807) is 19.1 Å². The molecule has 0 aliphatic carbocycles. The Hall–Kier alpha value is -3.12. The molecule has 1 heterocycles. The number of hydrogen-bond donors (Lipinski definition) is 0. The normalized spacial score (nSPS) is 10.8. The number of carbonyl (C=O) groups is 1. The maximum atomic E-state index is 12.7. The number of nitrogens with zero attached hydrogens (tertiary/aromatic N) is 2. The Morgan fingerprint density at radius 1 is 1.07 bits per heavy atom. The summed E-state index contributed by atoms with van der Waals surface area (Å²) in [5.41, 5.74) is 4.65. The number of carbonyl (C=O) groups excluding carboxylic acids is 1. The van der Waals surface area contributed by atoms with Gasteiger partial charge in [-0.1, -0.05) is 23.7 Å². The molecule has 0 radical (unpaired) electrons. The molecular formula is C22H21ClN2O4. The molecule has 0 amide bonds. The van der Waals surface area contributed by atoms with Crippen LogP contribution in [-0.4, -0.2) is 22.1 Å². The number of non-ortho nitro benzene ring substituents is 1. The third-order valence-corrected chi connectivity index (χ3v) is 5.14. The molecule has 150 valence electrons. The van der Waals surface area contributed by atoms with E-state index in [0.29, 0.717) is 17.1 Å². The summed E-state index contributed by atoms with van der Waals surface area (Å²) >= 11 is 5.98. The Labute approximate surface area is 173 Å². The van der Waals surface area contributed by atoms with Crippen LogP contribution in [0.25, 0.3) is 11.1 Å². The second kappa shape index (κ2) is 8.49. The van der Waals surface area contributed by atoms with Gasteiger partial charge in [-0.05, 0) is 56.2 Å². The highest BCUT2D eigenvalue weighted by molar-refractivity contribution is 6.30. The molecule has 0 aliphatic heterocycles. The van der Waals surface area contributed by atoms with Crippen LogP contribution in [0.15, 0.2) is 48.5 Å². The van der Waals surface area contributed by atoms with Gasteiger partial charge < -0.3 is 9.30 Å². The van der Waals surface area contributed by atoms with Crippen molar-refractivity contribution in [3.63, 3.8) is 0 Å². The topological polar surface area (TPSA) is 74.4 Å². The Morgan fingerprint density at radius 2 is 1.69 bits per heavy atom. The lowest BCUT2D eigenvalue weighted by Crippen LogP contribution is -2.08. The fraction of sp³-hybridized carbons (Fsp3) is 0.227. The summed E-state index contributed by atoms with van der Waals surface area (Å²) in [4.78, 5) is 23.3. The number of nitro benzene ring substituents is 1. The molecule has 0 spiro atoms. The van der Waals surface area contributed by atoms with E-state index >= 15 is 0 Å². The minimum absolute atomic E-state index is 0.00130. The number of rotatable bonds is 6. The Kier molecular flexibility index (Phi) is 6.03. The number of benzene rings is 2. The lowest BCUT2D eigenvalue weighted by Gasteiger charge is -2.10. The number of halogens is 1. The van der Waals surface area contributed by atoms with Crippen LogP contribution in [0.5, 0.6) is 0 Å². The summed E-state index contributed by atoms with van der Waals surface area (Å²) in [6.45, 7) is 6.40. The van der Waals surface area contributed by atoms with Gasteiger partial charge in [-0.25, -0.2) is 4.79 Å². The molecule has 29 heavy (non-hydrogen) atoms. The summed E-state index contributed by atoms with van der Waals surface area (Å²) < 4.78 is 7.34. The third-order valence-electron chi connectivity index (χ3n) is 4.88. The predicted molar refractivity (Wildman–Crippen MR) is 113 cm³/mol. The molecule has 7 heteroatoms. The SMILES string of the molecule is CCOC(=O)c1c(-c2ccc([N+](=O)[O-])cc2)c(C)n(Cc2ccc(Cl)cc2)c1C. The monoisotopic (exact) mass is 412 g/mol. The molecule has 0 fully saturated rings. The predicted octanol–water partition coefficient (Wildman–Crippen LogP) is 5.56. The maximum Gasteiger partial charge on any atom is 0.340 e. The average Bonchev–Trinajstić information content (AvgIpc) is 2.94. The Balaban J connectivity index is 2.13. The summed E-state index contributed by atoms with van der Waals surface area (Å²) in [6, 6.07) is 13.7. The van der Waals surface area contributed by atoms with Gasteiger partial charge in [0.1, 0.15) is 0 Å². The fourth-order valence-corrected chi connectivity index (χ4v) is 3.57. The first-order chi connectivity index (χ1) is 13.8. The number of esters is 1. The number of nitro groups is 1. The van der Waals surface area contributed by atoms with Gasteiger partial charge in [0, 0.05) is 40.7 Å². The van der Waals surface area contributed by atoms with Crippen molar-refractivity contribution in [3.8, 4) is 11.1 Å². The van der Waals surface area contributed by atoms with Crippen LogP contribution in [-0.2, 0) is 11.3 Å². The van der Waals surface area contributed by atoms with E-state index in [-0.39, 0.29) is 12.3 Å². The number of hydrogen-bond acceptors (Lipinski definition) is 4. The average molecular weight is 413 g/mol. The molecule has 0 saturated carbocycles. The van der Waals surface area contributed by atoms with E-state index in [1.165, 1.54) is 12.1 Å². The zero-order chi connectivity index (χ0) is 21.1. The molecule has 0 aliphatic rings. The number of ether oxygens (including phenoxy) is 1. The molecule has 1 aromatic heterocycles. The maximum absolute atomic E-state index is 12.7. The van der Waals surface area contributed by atoms with Crippen molar-refractivity contribution in [2.24, 2.45) is 0 Å². The molecule has 3 aromatic rings. The molecule has 6 nitrogen and oxygen atoms in total. The van der Waals surface area contributed by atoms with E-state index in [2.05, 4.69) is 0 Å². The third kappa shape index (κ3) is 4.17. The van der Waals surface area contributed by atoms with Crippen LogP contribution in [0.4, 0.5) is 5.69 Å². The number of aromatic nitrogens is 1. The summed E-state index contributed by atoms with van der Waals surface area (Å²) in [5.74, 6) is -0.406. The van der Waals surface area contributed by atoms with Crippen molar-refractivity contribution in [1.82, 2.24) is 4.57 Å². The minimum atomic E-state index is -0.445. The van der Waals surface area contributed by atoms with Crippen molar-refractivity contribution in [2.75, 3.05) is 6.61 Å². The van der Waals surface area contributed by atoms with Crippen molar-refractivity contribution in [2.45, 2.75) is 27.3 Å². The van der Waals surface area contributed by atoms with E-state index in [4.69, 9.17) is 16.3 Å². The first-order valence-electron chi connectivity index (χ1n) is 9.19. The van der Waals surface area contributed by atoms with Crippen LogP contribution >= 0.6 is 11.6 Å². The van der Waals surface area contributed by atoms with E-state index in [1.807, 2.05) is 42.7 Å². The van der Waals surface area contributed by atoms with Gasteiger partial charge in [-0.15, -0.1) is 0 Å². The molecule has 0 N–H and O–H groups in total. The first kappa shape index (κ1) is 20.6. The van der Waals surface area contributed by atoms with E-state index < -0.39 is 10.9 Å². The smallest absolute Gasteiger partial charge is 0.340 e. The van der Waals surface area contributed by atoms with Gasteiger partial charge in [0.05, 0.1) is 17.1 Å². The van der Waals surface area contributed by atoms with Gasteiger partial charge in [-0.3, -0.25) is 10.1 Å². The van der Waals surface area contributed by atoms with Crippen LogP contribution in [0.3, 0.4) is 0 Å². The van der Waals surface area contributed by atoms with Crippen LogP contribution < -0.4 is 0 Å². The van der Waals surface area contributed by atoms with Gasteiger partial charge in [0.2, 0.25) is 0 Å². The zero-order valence-corrected chi connectivity index (χ0v) is 17.2. The molecule has 3 rings (SSSR count). The summed E-state index contributed by atoms with van der Waals surface area (Å²) in [7, 11) is 0. The highest BCUT2D eigenvalue weighted by Crippen LogP contribution is 2.34. The lowest BCUT2D eigenvalue weighted by atomic mass is 10.0. The van der Waals surface area contributed by atoms with E-state index in [9.17, 15) is 14.9 Å². The molecule has 0 saturated heterocycles. The second-order valence-electron chi connectivity index (χ2n) is 6.66. The fourth-order valence-electron chi connectivity index (χ4n) is 3.45. The summed E-state index contributed by atoms with van der Waals surface area (Å²) in [5, 5.41) is 11.6. The van der Waals surface area contributed by atoms with Crippen molar-refractivity contribution >= 4 is 23.3 Å². The standard InChI is InChI=1S/C22H21ClN2O4/c1-4-29-22(26)21-15(3)24(13-16-5-9-18(23)10-6-16)14(2)20(21)17-7-11-19(12-8-17)25(27)28/h5-12H,4,13H2,1-3H3. The Morgan fingerprint density at radius 3 is 2.24 bits per heavy atom. The van der Waals surface area contributed by atoms with Crippen LogP contribution in [0, 0.1) is 24.0 Å². The van der Waals surface area contributed by atoms with Crippen LogP contribution in [0.2, 0.25) is 5.02 Å². The minimum Gasteiger partial charge on any atom is -0.462 e. The van der Waals surface area contributed by atoms with E-state index in [0.717, 1.165) is 28.1 Å². The Bertz CT molecular complexity index is 1050. The molecule has 0 unspecified atom stereocenters. The van der Waals surface area contributed by atoms with Crippen molar-refractivity contribution < 1.29 is 14.5 Å². The lowest BCUT2D eigenvalue weighted by molar-refractivity contribution is -0.384. The second-order valence-corrected chi connectivity index (χ2v) is 7.09. The van der Waals surface area contributed by atoms with Gasteiger partial charge in [0.25, 0.3) is 5.69 Å².